The normalized spacial score (nSPS) is 17.5. The minimum atomic E-state index is -0.871. The molecule has 7 heteroatoms. The molecule has 0 radical (unpaired) electrons. The number of hydrogen-bond acceptors (Lipinski definition) is 4. The number of carbonyl (C=O) groups is 1. The predicted molar refractivity (Wildman–Crippen MR) is 129 cm³/mol. The Morgan fingerprint density at radius 2 is 1.76 bits per heavy atom. The van der Waals surface area contributed by atoms with Crippen LogP contribution in [0.2, 0.25) is 0 Å². The number of aromatic nitrogens is 1. The molecule has 2 aliphatic heterocycles. The molecular weight excluding hydrogens is 437 g/mol. The molecule has 0 saturated carbocycles. The zero-order valence-corrected chi connectivity index (χ0v) is 19.7. The number of pyridine rings is 1. The highest BCUT2D eigenvalue weighted by atomic mass is 32.2. The number of carbonyl (C=O) groups excluding carboxylic acids is 1. The summed E-state index contributed by atoms with van der Waals surface area (Å²) in [7, 11) is 0. The third-order valence-electron chi connectivity index (χ3n) is 6.54. The molecule has 0 N–H and O–H groups in total. The zero-order chi connectivity index (χ0) is 23.3. The van der Waals surface area contributed by atoms with Gasteiger partial charge in [0.1, 0.15) is 19.0 Å². The molecule has 3 aromatic rings. The van der Waals surface area contributed by atoms with Crippen molar-refractivity contribution >= 4 is 17.7 Å². The molecule has 1 unspecified atom stereocenters. The highest BCUT2D eigenvalue weighted by Crippen LogP contribution is 2.42. The Labute approximate surface area is 196 Å². The van der Waals surface area contributed by atoms with Gasteiger partial charge in [-0.1, -0.05) is 42.5 Å². The van der Waals surface area contributed by atoms with Gasteiger partial charge in [0.15, 0.2) is 5.43 Å². The first-order chi connectivity index (χ1) is 15.9. The summed E-state index contributed by atoms with van der Waals surface area (Å²) in [5.41, 5.74) is 3.77. The van der Waals surface area contributed by atoms with Gasteiger partial charge >= 0.3 is 0 Å². The molecule has 2 aromatic carbocycles. The number of amides is 1. The molecule has 1 atom stereocenters. The van der Waals surface area contributed by atoms with E-state index in [2.05, 4.69) is 29.3 Å². The van der Waals surface area contributed by atoms with E-state index in [1.165, 1.54) is 16.7 Å². The van der Waals surface area contributed by atoms with Gasteiger partial charge < -0.3 is 4.90 Å². The number of halogens is 1. The number of alkyl halides is 1. The van der Waals surface area contributed by atoms with Crippen molar-refractivity contribution in [3.63, 3.8) is 0 Å². The topological polar surface area (TPSA) is 45.6 Å². The Bertz CT molecular complexity index is 1260. The number of rotatable bonds is 3. The molecule has 1 aromatic heterocycles. The average molecular weight is 464 g/mol. The Morgan fingerprint density at radius 1 is 1.06 bits per heavy atom. The molecule has 5 nitrogen and oxygen atoms in total. The van der Waals surface area contributed by atoms with Crippen molar-refractivity contribution in [3.05, 3.63) is 98.5 Å². The SMILES string of the molecule is Cc1c2n(cc(CF)c1=O)N(C1c3ccccc3CSc3ccccc31)CN(C(C)C)C2=O. The van der Waals surface area contributed by atoms with Crippen molar-refractivity contribution in [2.24, 2.45) is 0 Å². The van der Waals surface area contributed by atoms with Crippen LogP contribution in [0.5, 0.6) is 0 Å². The molecule has 33 heavy (non-hydrogen) atoms. The molecule has 0 aliphatic carbocycles. The number of hydrogen-bond donors (Lipinski definition) is 0. The summed E-state index contributed by atoms with van der Waals surface area (Å²) in [6.07, 6.45) is 1.52. The molecular formula is C26H26FN3O2S. The van der Waals surface area contributed by atoms with Gasteiger partial charge in [-0.25, -0.2) is 4.39 Å². The van der Waals surface area contributed by atoms with E-state index in [0.29, 0.717) is 12.4 Å². The first-order valence-corrected chi connectivity index (χ1v) is 12.1. The highest BCUT2D eigenvalue weighted by Gasteiger charge is 2.38. The van der Waals surface area contributed by atoms with Crippen molar-refractivity contribution in [2.45, 2.75) is 50.2 Å². The molecule has 0 bridgehead atoms. The lowest BCUT2D eigenvalue weighted by atomic mass is 9.94. The lowest BCUT2D eigenvalue weighted by Gasteiger charge is -2.46. The van der Waals surface area contributed by atoms with Gasteiger partial charge in [0.2, 0.25) is 0 Å². The lowest BCUT2D eigenvalue weighted by Crippen LogP contribution is -2.58. The lowest BCUT2D eigenvalue weighted by molar-refractivity contribution is 0.0625. The van der Waals surface area contributed by atoms with Crippen molar-refractivity contribution in [2.75, 3.05) is 11.7 Å². The summed E-state index contributed by atoms with van der Waals surface area (Å²) >= 11 is 1.80. The van der Waals surface area contributed by atoms with Crippen molar-refractivity contribution in [3.8, 4) is 0 Å². The fourth-order valence-corrected chi connectivity index (χ4v) is 5.88. The van der Waals surface area contributed by atoms with Crippen LogP contribution in [0, 0.1) is 6.92 Å². The van der Waals surface area contributed by atoms with Crippen molar-refractivity contribution < 1.29 is 9.18 Å². The number of benzene rings is 2. The summed E-state index contributed by atoms with van der Waals surface area (Å²) in [5.74, 6) is 0.640. The minimum absolute atomic E-state index is 0.0604. The van der Waals surface area contributed by atoms with E-state index in [1.54, 1.807) is 28.3 Å². The first kappa shape index (κ1) is 21.8. The van der Waals surface area contributed by atoms with Gasteiger partial charge in [0.05, 0.1) is 6.04 Å². The van der Waals surface area contributed by atoms with Crippen molar-refractivity contribution in [1.82, 2.24) is 9.58 Å². The van der Waals surface area contributed by atoms with Crippen LogP contribution in [0.25, 0.3) is 0 Å². The average Bonchev–Trinajstić information content (AvgIpc) is 2.98. The monoisotopic (exact) mass is 463 g/mol. The van der Waals surface area contributed by atoms with Gasteiger partial charge in [-0.15, -0.1) is 11.8 Å². The summed E-state index contributed by atoms with van der Waals surface area (Å²) in [6.45, 7) is 5.02. The zero-order valence-electron chi connectivity index (χ0n) is 18.9. The standard InChI is InChI=1S/C26H26FN3O2S/c1-16(2)28-15-30(29-13-19(12-27)25(31)17(3)23(29)26(28)32)24-20-9-5-4-8-18(20)14-33-22-11-7-6-10-21(22)24/h4-11,13,16,24H,12,14-15H2,1-3H3. The van der Waals surface area contributed by atoms with Gasteiger partial charge in [0.25, 0.3) is 5.91 Å². The van der Waals surface area contributed by atoms with E-state index >= 15 is 0 Å². The van der Waals surface area contributed by atoms with Crippen LogP contribution in [0.4, 0.5) is 4.39 Å². The largest absolute Gasteiger partial charge is 0.316 e. The quantitative estimate of drug-likeness (QED) is 0.561. The van der Waals surface area contributed by atoms with Gasteiger partial charge in [-0.3, -0.25) is 19.3 Å². The van der Waals surface area contributed by atoms with Gasteiger partial charge in [-0.2, -0.15) is 0 Å². The molecule has 0 spiro atoms. The van der Waals surface area contributed by atoms with E-state index < -0.39 is 12.1 Å². The van der Waals surface area contributed by atoms with E-state index in [9.17, 15) is 14.0 Å². The smallest absolute Gasteiger partial charge is 0.274 e. The van der Waals surface area contributed by atoms with Crippen LogP contribution < -0.4 is 10.4 Å². The predicted octanol–water partition coefficient (Wildman–Crippen LogP) is 4.78. The fourth-order valence-electron chi connectivity index (χ4n) is 4.79. The summed E-state index contributed by atoms with van der Waals surface area (Å²) in [5, 5.41) is 2.10. The van der Waals surface area contributed by atoms with Gasteiger partial charge in [-0.05, 0) is 43.5 Å². The first-order valence-electron chi connectivity index (χ1n) is 11.1. The van der Waals surface area contributed by atoms with Gasteiger partial charge in [0, 0.05) is 34.0 Å². The number of thioether (sulfide) groups is 1. The fraction of sp³-hybridized carbons (Fsp3) is 0.308. The number of fused-ring (bicyclic) bond motifs is 3. The van der Waals surface area contributed by atoms with Crippen LogP contribution in [-0.4, -0.2) is 28.2 Å². The third-order valence-corrected chi connectivity index (χ3v) is 7.68. The summed E-state index contributed by atoms with van der Waals surface area (Å²) in [4.78, 5) is 29.2. The molecule has 5 rings (SSSR count). The van der Waals surface area contributed by atoms with E-state index in [0.717, 1.165) is 16.9 Å². The molecule has 0 saturated heterocycles. The second-order valence-electron chi connectivity index (χ2n) is 8.81. The van der Waals surface area contributed by atoms with Crippen molar-refractivity contribution in [1.29, 1.82) is 0 Å². The Hall–Kier alpha value is -3.06. The van der Waals surface area contributed by atoms with Crippen LogP contribution in [0.1, 0.15) is 58.2 Å². The Balaban J connectivity index is 1.82. The second kappa shape index (κ2) is 8.37. The summed E-state index contributed by atoms with van der Waals surface area (Å²) < 4.78 is 15.6. The van der Waals surface area contributed by atoms with Crippen LogP contribution in [0.3, 0.4) is 0 Å². The minimum Gasteiger partial charge on any atom is -0.316 e. The number of nitrogens with zero attached hydrogens (tertiary/aromatic N) is 3. The third kappa shape index (κ3) is 3.46. The molecule has 170 valence electrons. The second-order valence-corrected chi connectivity index (χ2v) is 9.83. The molecule has 2 aliphatic rings. The van der Waals surface area contributed by atoms with Crippen LogP contribution in [0.15, 0.2) is 64.4 Å². The van der Waals surface area contributed by atoms with Crippen LogP contribution >= 0.6 is 11.8 Å². The maximum Gasteiger partial charge on any atom is 0.274 e. The molecule has 1 amide bonds. The van der Waals surface area contributed by atoms with E-state index in [4.69, 9.17) is 0 Å². The highest BCUT2D eigenvalue weighted by molar-refractivity contribution is 7.98. The Kier molecular flexibility index (Phi) is 5.52. The molecule has 3 heterocycles. The molecule has 0 fully saturated rings. The van der Waals surface area contributed by atoms with E-state index in [-0.39, 0.29) is 29.1 Å². The maximum atomic E-state index is 13.8. The Morgan fingerprint density at radius 3 is 2.48 bits per heavy atom. The van der Waals surface area contributed by atoms with Crippen LogP contribution in [-0.2, 0) is 12.4 Å². The maximum absolute atomic E-state index is 13.8. The summed E-state index contributed by atoms with van der Waals surface area (Å²) in [6, 6.07) is 16.4. The van der Waals surface area contributed by atoms with E-state index in [1.807, 2.05) is 38.1 Å².